The average molecular weight is 245 g/mol. The molecular weight excluding hydrogens is 234 g/mol. The zero-order chi connectivity index (χ0) is 12.7. The molecule has 1 aromatic carbocycles. The molecule has 0 spiro atoms. The zero-order valence-corrected chi connectivity index (χ0v) is 10.2. The number of nitrogens with one attached hydrogen (secondary N) is 1. The van der Waals surface area contributed by atoms with Gasteiger partial charge in [0.15, 0.2) is 0 Å². The molecule has 0 saturated heterocycles. The summed E-state index contributed by atoms with van der Waals surface area (Å²) in [6.07, 6.45) is 5.50. The molecule has 0 fully saturated rings. The van der Waals surface area contributed by atoms with Crippen LogP contribution in [-0.2, 0) is 0 Å². The van der Waals surface area contributed by atoms with Crippen LogP contribution >= 0.6 is 0 Å². The summed E-state index contributed by atoms with van der Waals surface area (Å²) in [5.74, 6) is 0. The van der Waals surface area contributed by atoms with Crippen LogP contribution in [-0.4, -0.2) is 15.0 Å². The largest absolute Gasteiger partial charge is 0.353 e. The number of H-pyrrole nitrogens is 1. The maximum atomic E-state index is 4.40. The highest BCUT2D eigenvalue weighted by atomic mass is 14.7. The molecule has 90 valence electrons. The predicted octanol–water partition coefficient (Wildman–Crippen LogP) is 3.78. The Morgan fingerprint density at radius 3 is 2.74 bits per heavy atom. The Kier molecular flexibility index (Phi) is 2.12. The van der Waals surface area contributed by atoms with E-state index in [0.29, 0.717) is 0 Å². The first kappa shape index (κ1) is 10.3. The van der Waals surface area contributed by atoms with Gasteiger partial charge in [-0.1, -0.05) is 12.1 Å². The van der Waals surface area contributed by atoms with Gasteiger partial charge in [0, 0.05) is 34.2 Å². The second-order valence-electron chi connectivity index (χ2n) is 4.52. The van der Waals surface area contributed by atoms with Crippen LogP contribution in [0.4, 0.5) is 0 Å². The van der Waals surface area contributed by atoms with Crippen LogP contribution < -0.4 is 0 Å². The van der Waals surface area contributed by atoms with E-state index in [-0.39, 0.29) is 0 Å². The normalized spacial score (nSPS) is 11.2. The van der Waals surface area contributed by atoms with Gasteiger partial charge in [0.2, 0.25) is 0 Å². The SMILES string of the molecule is c1ccc(-c2ccc3[nH]c4cnccc4c3c2)nc1. The van der Waals surface area contributed by atoms with Crippen LogP contribution in [0.1, 0.15) is 0 Å². The van der Waals surface area contributed by atoms with Crippen molar-refractivity contribution in [3.8, 4) is 11.3 Å². The number of nitrogens with zero attached hydrogens (tertiary/aromatic N) is 2. The third-order valence-electron chi connectivity index (χ3n) is 3.36. The molecule has 4 rings (SSSR count). The highest BCUT2D eigenvalue weighted by molar-refractivity contribution is 6.08. The Balaban J connectivity index is 2.03. The molecule has 3 heterocycles. The Morgan fingerprint density at radius 1 is 0.842 bits per heavy atom. The smallest absolute Gasteiger partial charge is 0.0702 e. The van der Waals surface area contributed by atoms with Crippen molar-refractivity contribution < 1.29 is 0 Å². The third kappa shape index (κ3) is 1.59. The number of fused-ring (bicyclic) bond motifs is 3. The van der Waals surface area contributed by atoms with E-state index in [2.05, 4.69) is 33.2 Å². The van der Waals surface area contributed by atoms with Gasteiger partial charge in [-0.25, -0.2) is 0 Å². The van der Waals surface area contributed by atoms with E-state index >= 15 is 0 Å². The van der Waals surface area contributed by atoms with Crippen LogP contribution in [0.25, 0.3) is 33.1 Å². The Bertz CT molecular complexity index is 863. The van der Waals surface area contributed by atoms with Crippen LogP contribution in [0.5, 0.6) is 0 Å². The summed E-state index contributed by atoms with van der Waals surface area (Å²) in [5.41, 5.74) is 4.32. The lowest BCUT2D eigenvalue weighted by Crippen LogP contribution is -1.81. The molecule has 0 aliphatic carbocycles. The molecule has 0 saturated carbocycles. The second kappa shape index (κ2) is 3.92. The van der Waals surface area contributed by atoms with Crippen molar-refractivity contribution in [3.05, 3.63) is 61.1 Å². The van der Waals surface area contributed by atoms with Crippen molar-refractivity contribution in [1.29, 1.82) is 0 Å². The summed E-state index contributed by atoms with van der Waals surface area (Å²) in [4.78, 5) is 11.9. The lowest BCUT2D eigenvalue weighted by molar-refractivity contribution is 1.33. The summed E-state index contributed by atoms with van der Waals surface area (Å²) in [7, 11) is 0. The second-order valence-corrected chi connectivity index (χ2v) is 4.52. The van der Waals surface area contributed by atoms with Crippen molar-refractivity contribution >= 4 is 21.8 Å². The summed E-state index contributed by atoms with van der Waals surface area (Å²) < 4.78 is 0. The Labute approximate surface area is 110 Å². The van der Waals surface area contributed by atoms with Gasteiger partial charge in [-0.15, -0.1) is 0 Å². The van der Waals surface area contributed by atoms with Gasteiger partial charge in [0.05, 0.1) is 17.4 Å². The number of aromatic nitrogens is 3. The van der Waals surface area contributed by atoms with Crippen LogP contribution in [0.15, 0.2) is 61.1 Å². The molecule has 0 aliphatic heterocycles. The van der Waals surface area contributed by atoms with E-state index in [1.165, 1.54) is 10.8 Å². The van der Waals surface area contributed by atoms with E-state index in [9.17, 15) is 0 Å². The molecule has 0 radical (unpaired) electrons. The molecule has 0 amide bonds. The van der Waals surface area contributed by atoms with Gasteiger partial charge in [-0.05, 0) is 30.3 Å². The van der Waals surface area contributed by atoms with E-state index in [4.69, 9.17) is 0 Å². The number of pyridine rings is 2. The molecule has 19 heavy (non-hydrogen) atoms. The molecule has 0 bridgehead atoms. The minimum absolute atomic E-state index is 0.993. The standard InChI is InChI=1S/C16H11N3/c1-2-7-18-14(3-1)11-4-5-15-13(9-11)12-6-8-17-10-16(12)19-15/h1-10,19H. The van der Waals surface area contributed by atoms with E-state index < -0.39 is 0 Å². The molecule has 4 aromatic rings. The van der Waals surface area contributed by atoms with Crippen LogP contribution in [0.3, 0.4) is 0 Å². The van der Waals surface area contributed by atoms with Gasteiger partial charge in [-0.3, -0.25) is 9.97 Å². The molecule has 1 N–H and O–H groups in total. The highest BCUT2D eigenvalue weighted by Gasteiger charge is 2.06. The minimum atomic E-state index is 0.993. The number of hydrogen-bond donors (Lipinski definition) is 1. The molecule has 0 aliphatic rings. The lowest BCUT2D eigenvalue weighted by atomic mass is 10.1. The third-order valence-corrected chi connectivity index (χ3v) is 3.36. The first-order valence-electron chi connectivity index (χ1n) is 6.19. The van der Waals surface area contributed by atoms with Crippen LogP contribution in [0, 0.1) is 0 Å². The van der Waals surface area contributed by atoms with Gasteiger partial charge in [0.25, 0.3) is 0 Å². The van der Waals surface area contributed by atoms with Gasteiger partial charge in [0.1, 0.15) is 0 Å². The summed E-state index contributed by atoms with van der Waals surface area (Å²) in [6, 6.07) is 14.4. The van der Waals surface area contributed by atoms with E-state index in [0.717, 1.165) is 22.3 Å². The molecule has 3 aromatic heterocycles. The summed E-state index contributed by atoms with van der Waals surface area (Å²) in [5, 5.41) is 2.41. The maximum Gasteiger partial charge on any atom is 0.0702 e. The van der Waals surface area contributed by atoms with E-state index in [1.807, 2.05) is 42.9 Å². The summed E-state index contributed by atoms with van der Waals surface area (Å²) in [6.45, 7) is 0. The van der Waals surface area contributed by atoms with Crippen molar-refractivity contribution in [2.45, 2.75) is 0 Å². The fraction of sp³-hybridized carbons (Fsp3) is 0. The average Bonchev–Trinajstić information content (AvgIpc) is 2.86. The lowest BCUT2D eigenvalue weighted by Gasteiger charge is -2.00. The Morgan fingerprint density at radius 2 is 1.84 bits per heavy atom. The topological polar surface area (TPSA) is 41.6 Å². The van der Waals surface area contributed by atoms with Crippen LogP contribution in [0.2, 0.25) is 0 Å². The van der Waals surface area contributed by atoms with E-state index in [1.54, 1.807) is 0 Å². The first-order chi connectivity index (χ1) is 9.42. The van der Waals surface area contributed by atoms with Crippen molar-refractivity contribution in [2.24, 2.45) is 0 Å². The monoisotopic (exact) mass is 245 g/mol. The Hall–Kier alpha value is -2.68. The number of benzene rings is 1. The first-order valence-corrected chi connectivity index (χ1v) is 6.19. The molecule has 3 heteroatoms. The number of hydrogen-bond acceptors (Lipinski definition) is 2. The fourth-order valence-electron chi connectivity index (χ4n) is 2.44. The molecule has 0 atom stereocenters. The highest BCUT2D eigenvalue weighted by Crippen LogP contribution is 2.28. The molecule has 3 nitrogen and oxygen atoms in total. The number of aromatic amines is 1. The van der Waals surface area contributed by atoms with Gasteiger partial charge < -0.3 is 4.98 Å². The zero-order valence-electron chi connectivity index (χ0n) is 10.2. The molecule has 0 unspecified atom stereocenters. The minimum Gasteiger partial charge on any atom is -0.353 e. The van der Waals surface area contributed by atoms with Gasteiger partial charge >= 0.3 is 0 Å². The summed E-state index contributed by atoms with van der Waals surface area (Å²) >= 11 is 0. The van der Waals surface area contributed by atoms with Gasteiger partial charge in [-0.2, -0.15) is 0 Å². The predicted molar refractivity (Wildman–Crippen MR) is 76.8 cm³/mol. The fourth-order valence-corrected chi connectivity index (χ4v) is 2.44. The van der Waals surface area contributed by atoms with Crippen molar-refractivity contribution in [3.63, 3.8) is 0 Å². The maximum absolute atomic E-state index is 4.40. The van der Waals surface area contributed by atoms with Crippen molar-refractivity contribution in [1.82, 2.24) is 15.0 Å². The number of rotatable bonds is 1. The molecular formula is C16H11N3. The quantitative estimate of drug-likeness (QED) is 0.554. The van der Waals surface area contributed by atoms with Crippen molar-refractivity contribution in [2.75, 3.05) is 0 Å².